The maximum Gasteiger partial charge on any atom is 0.410 e. The van der Waals surface area contributed by atoms with Crippen molar-refractivity contribution in [2.75, 3.05) is 26.8 Å². The van der Waals surface area contributed by atoms with Crippen LogP contribution in [-0.4, -0.2) is 48.5 Å². The maximum absolute atomic E-state index is 11.8. The molecule has 0 aliphatic rings. The number of nitrogens with zero attached hydrogens (tertiary/aromatic N) is 1. The Morgan fingerprint density at radius 3 is 2.64 bits per heavy atom. The Labute approximate surface area is 132 Å². The van der Waals surface area contributed by atoms with E-state index in [2.05, 4.69) is 0 Å². The summed E-state index contributed by atoms with van der Waals surface area (Å²) < 4.78 is 10.7. The first-order valence-electron chi connectivity index (χ1n) is 7.27. The average Bonchev–Trinajstić information content (AvgIpc) is 2.44. The lowest BCUT2D eigenvalue weighted by atomic mass is 10.2. The van der Waals surface area contributed by atoms with Gasteiger partial charge in [0.05, 0.1) is 6.61 Å². The lowest BCUT2D eigenvalue weighted by molar-refractivity contribution is 0.0318. The predicted octanol–water partition coefficient (Wildman–Crippen LogP) is 2.94. The summed E-state index contributed by atoms with van der Waals surface area (Å²) in [7, 11) is 1.69. The number of para-hydroxylation sites is 1. The lowest BCUT2D eigenvalue weighted by Crippen LogP contribution is -2.34. The molecule has 5 heteroatoms. The highest BCUT2D eigenvalue weighted by Gasteiger charge is 2.18. The minimum absolute atomic E-state index is 0.0283. The van der Waals surface area contributed by atoms with Gasteiger partial charge >= 0.3 is 6.09 Å². The zero-order chi connectivity index (χ0) is 16.6. The van der Waals surface area contributed by atoms with Crippen LogP contribution in [-0.2, 0) is 4.74 Å². The van der Waals surface area contributed by atoms with Crippen molar-refractivity contribution in [3.8, 4) is 5.75 Å². The van der Waals surface area contributed by atoms with Crippen molar-refractivity contribution < 1.29 is 19.4 Å². The van der Waals surface area contributed by atoms with Gasteiger partial charge in [-0.15, -0.1) is 0 Å². The van der Waals surface area contributed by atoms with Crippen molar-refractivity contribution in [3.05, 3.63) is 35.9 Å². The summed E-state index contributed by atoms with van der Waals surface area (Å²) in [5.74, 6) is 0.702. The minimum Gasteiger partial charge on any atom is -0.491 e. The van der Waals surface area contributed by atoms with E-state index in [1.54, 1.807) is 7.05 Å². The summed E-state index contributed by atoms with van der Waals surface area (Å²) in [4.78, 5) is 13.3. The second-order valence-corrected chi connectivity index (χ2v) is 5.87. The molecule has 1 aromatic carbocycles. The molecule has 0 atom stereocenters. The number of likely N-dealkylation sites (N-methyl/N-ethyl adjacent to an activating group) is 1. The van der Waals surface area contributed by atoms with Crippen molar-refractivity contribution in [3.63, 3.8) is 0 Å². The average molecular weight is 307 g/mol. The third-order valence-corrected chi connectivity index (χ3v) is 2.65. The normalized spacial score (nSPS) is 11.5. The summed E-state index contributed by atoms with van der Waals surface area (Å²) in [6, 6.07) is 7.53. The molecule has 122 valence electrons. The standard InChI is InChI=1S/C17H25NO4/c1-17(2,3)22-16(20)18(4)11-7-9-14-8-5-6-10-15(14)21-13-12-19/h5-10,19H,11-13H2,1-4H3. The molecule has 1 amide bonds. The minimum atomic E-state index is -0.500. The molecule has 1 aromatic rings. The first-order valence-corrected chi connectivity index (χ1v) is 7.27. The molecule has 0 aliphatic heterocycles. The van der Waals surface area contributed by atoms with Crippen LogP contribution in [0.4, 0.5) is 4.79 Å². The zero-order valence-corrected chi connectivity index (χ0v) is 13.7. The molecule has 0 unspecified atom stereocenters. The molecule has 0 spiro atoms. The molecule has 5 nitrogen and oxygen atoms in total. The largest absolute Gasteiger partial charge is 0.491 e. The molecule has 0 fully saturated rings. The third-order valence-electron chi connectivity index (χ3n) is 2.65. The van der Waals surface area contributed by atoms with E-state index in [0.717, 1.165) is 5.56 Å². The molecular weight excluding hydrogens is 282 g/mol. The fourth-order valence-corrected chi connectivity index (χ4v) is 1.66. The highest BCUT2D eigenvalue weighted by molar-refractivity contribution is 5.68. The number of aliphatic hydroxyl groups is 1. The van der Waals surface area contributed by atoms with Crippen LogP contribution in [0.5, 0.6) is 5.75 Å². The number of hydrogen-bond acceptors (Lipinski definition) is 4. The molecule has 0 saturated heterocycles. The molecule has 0 saturated carbocycles. The quantitative estimate of drug-likeness (QED) is 0.878. The SMILES string of the molecule is CN(CC=Cc1ccccc1OCCO)C(=O)OC(C)(C)C. The van der Waals surface area contributed by atoms with Crippen LogP contribution in [0, 0.1) is 0 Å². The van der Waals surface area contributed by atoms with E-state index >= 15 is 0 Å². The summed E-state index contributed by atoms with van der Waals surface area (Å²) in [6.45, 7) is 6.17. The molecule has 0 aromatic heterocycles. The number of benzene rings is 1. The van der Waals surface area contributed by atoms with Crippen molar-refractivity contribution in [1.29, 1.82) is 0 Å². The van der Waals surface area contributed by atoms with Gasteiger partial charge in [0.25, 0.3) is 0 Å². The smallest absolute Gasteiger partial charge is 0.410 e. The van der Waals surface area contributed by atoms with E-state index in [4.69, 9.17) is 14.6 Å². The molecule has 22 heavy (non-hydrogen) atoms. The number of carbonyl (C=O) groups excluding carboxylic acids is 1. The Hall–Kier alpha value is -2.01. The van der Waals surface area contributed by atoms with Crippen LogP contribution < -0.4 is 4.74 Å². The third kappa shape index (κ3) is 6.63. The van der Waals surface area contributed by atoms with Gasteiger partial charge in [0.15, 0.2) is 0 Å². The second-order valence-electron chi connectivity index (χ2n) is 5.87. The van der Waals surface area contributed by atoms with E-state index in [-0.39, 0.29) is 19.3 Å². The molecule has 0 radical (unpaired) electrons. The molecular formula is C17H25NO4. The van der Waals surface area contributed by atoms with Crippen molar-refractivity contribution in [2.24, 2.45) is 0 Å². The van der Waals surface area contributed by atoms with Gasteiger partial charge in [0.2, 0.25) is 0 Å². The van der Waals surface area contributed by atoms with Crippen LogP contribution in [0.15, 0.2) is 30.3 Å². The van der Waals surface area contributed by atoms with Crippen LogP contribution >= 0.6 is 0 Å². The molecule has 0 aliphatic carbocycles. The summed E-state index contributed by atoms with van der Waals surface area (Å²) in [5, 5.41) is 8.82. The number of hydrogen-bond donors (Lipinski definition) is 1. The number of carbonyl (C=O) groups is 1. The zero-order valence-electron chi connectivity index (χ0n) is 13.7. The van der Waals surface area contributed by atoms with Gasteiger partial charge in [-0.3, -0.25) is 0 Å². The highest BCUT2D eigenvalue weighted by Crippen LogP contribution is 2.19. The number of ether oxygens (including phenoxy) is 2. The van der Waals surface area contributed by atoms with Crippen LogP contribution in [0.2, 0.25) is 0 Å². The van der Waals surface area contributed by atoms with Crippen LogP contribution in [0.3, 0.4) is 0 Å². The lowest BCUT2D eigenvalue weighted by Gasteiger charge is -2.23. The Kier molecular flexibility index (Phi) is 6.92. The van der Waals surface area contributed by atoms with Gasteiger partial charge < -0.3 is 19.5 Å². The summed E-state index contributed by atoms with van der Waals surface area (Å²) in [6.07, 6.45) is 3.39. The monoisotopic (exact) mass is 307 g/mol. The Balaban J connectivity index is 2.60. The summed E-state index contributed by atoms with van der Waals surface area (Å²) >= 11 is 0. The van der Waals surface area contributed by atoms with E-state index in [1.807, 2.05) is 57.2 Å². The van der Waals surface area contributed by atoms with E-state index in [0.29, 0.717) is 12.3 Å². The van der Waals surface area contributed by atoms with Crippen molar-refractivity contribution in [2.45, 2.75) is 26.4 Å². The van der Waals surface area contributed by atoms with Gasteiger partial charge in [-0.05, 0) is 26.8 Å². The van der Waals surface area contributed by atoms with E-state index in [1.165, 1.54) is 4.90 Å². The van der Waals surface area contributed by atoms with E-state index < -0.39 is 5.60 Å². The Morgan fingerprint density at radius 1 is 1.32 bits per heavy atom. The first-order chi connectivity index (χ1) is 10.3. The van der Waals surface area contributed by atoms with Crippen molar-refractivity contribution in [1.82, 2.24) is 4.90 Å². The predicted molar refractivity (Wildman–Crippen MR) is 86.9 cm³/mol. The summed E-state index contributed by atoms with van der Waals surface area (Å²) in [5.41, 5.74) is 0.397. The number of aliphatic hydroxyl groups excluding tert-OH is 1. The second kappa shape index (κ2) is 8.44. The Bertz CT molecular complexity index is 506. The molecule has 0 bridgehead atoms. The van der Waals surface area contributed by atoms with Gasteiger partial charge in [-0.1, -0.05) is 30.4 Å². The van der Waals surface area contributed by atoms with Gasteiger partial charge in [0, 0.05) is 19.2 Å². The Morgan fingerprint density at radius 2 is 2.00 bits per heavy atom. The number of rotatable bonds is 6. The molecule has 0 heterocycles. The van der Waals surface area contributed by atoms with Crippen LogP contribution in [0.25, 0.3) is 6.08 Å². The highest BCUT2D eigenvalue weighted by atomic mass is 16.6. The first kappa shape index (κ1) is 18.0. The van der Waals surface area contributed by atoms with Gasteiger partial charge in [0.1, 0.15) is 18.0 Å². The van der Waals surface area contributed by atoms with Crippen LogP contribution in [0.1, 0.15) is 26.3 Å². The molecule has 1 rings (SSSR count). The fourth-order valence-electron chi connectivity index (χ4n) is 1.66. The maximum atomic E-state index is 11.8. The topological polar surface area (TPSA) is 59.0 Å². The number of amides is 1. The fraction of sp³-hybridized carbons (Fsp3) is 0.471. The molecule has 1 N–H and O–H groups in total. The van der Waals surface area contributed by atoms with Gasteiger partial charge in [-0.2, -0.15) is 0 Å². The van der Waals surface area contributed by atoms with E-state index in [9.17, 15) is 4.79 Å². The van der Waals surface area contributed by atoms with Crippen molar-refractivity contribution >= 4 is 12.2 Å². The van der Waals surface area contributed by atoms with Gasteiger partial charge in [-0.25, -0.2) is 4.79 Å².